The molecule has 6 heteroatoms. The highest BCUT2D eigenvalue weighted by Crippen LogP contribution is 2.80. The van der Waals surface area contributed by atoms with Crippen LogP contribution in [0.2, 0.25) is 0 Å². The van der Waals surface area contributed by atoms with E-state index in [1.165, 1.54) is 0 Å². The van der Waals surface area contributed by atoms with Crippen molar-refractivity contribution in [1.29, 1.82) is 0 Å². The molecule has 0 aromatic carbocycles. The lowest BCUT2D eigenvalue weighted by Crippen LogP contribution is -2.25. The summed E-state index contributed by atoms with van der Waals surface area (Å²) < 4.78 is 34.5. The molecule has 1 saturated carbocycles. The number of rotatable bonds is 6. The first kappa shape index (κ1) is 14.4. The first-order valence-electron chi connectivity index (χ1n) is 5.50. The van der Waals surface area contributed by atoms with Crippen LogP contribution in [-0.2, 0) is 24.4 Å². The zero-order valence-electron chi connectivity index (χ0n) is 10.6. The molecule has 0 amide bonds. The zero-order valence-corrected chi connectivity index (χ0v) is 12.3. The van der Waals surface area contributed by atoms with Gasteiger partial charge in [-0.25, -0.2) is 0 Å². The molecule has 0 aliphatic heterocycles. The molecule has 16 heavy (non-hydrogen) atoms. The summed E-state index contributed by atoms with van der Waals surface area (Å²) in [5.74, 6) is 0. The van der Waals surface area contributed by atoms with E-state index in [9.17, 15) is 8.77 Å². The van der Waals surface area contributed by atoms with Crippen molar-refractivity contribution < 1.29 is 17.8 Å². The molecule has 1 aliphatic carbocycles. The van der Waals surface area contributed by atoms with Gasteiger partial charge in [-0.05, 0) is 25.7 Å². The van der Waals surface area contributed by atoms with Gasteiger partial charge >= 0.3 is 7.60 Å². The Kier molecular flexibility index (Phi) is 4.06. The number of hydrogen-bond acceptors (Lipinski definition) is 4. The molecule has 0 spiro atoms. The molecule has 1 aliphatic rings. The molecule has 4 nitrogen and oxygen atoms in total. The lowest BCUT2D eigenvalue weighted by Gasteiger charge is -2.27. The van der Waals surface area contributed by atoms with Crippen LogP contribution in [0.3, 0.4) is 0 Å². The summed E-state index contributed by atoms with van der Waals surface area (Å²) in [5, 5.41) is 0. The third-order valence-corrected chi connectivity index (χ3v) is 9.06. The van der Waals surface area contributed by atoms with Crippen LogP contribution in [-0.4, -0.2) is 28.2 Å². The van der Waals surface area contributed by atoms with Gasteiger partial charge in [0.1, 0.15) is 0 Å². The van der Waals surface area contributed by atoms with E-state index < -0.39 is 22.9 Å². The van der Waals surface area contributed by atoms with Crippen molar-refractivity contribution in [3.63, 3.8) is 0 Å². The summed E-state index contributed by atoms with van der Waals surface area (Å²) in [6.45, 7) is 8.08. The largest absolute Gasteiger partial charge is 0.349 e. The van der Waals surface area contributed by atoms with E-state index in [0.29, 0.717) is 19.6 Å². The second-order valence-electron chi connectivity index (χ2n) is 4.63. The van der Waals surface area contributed by atoms with Gasteiger partial charge in [0.15, 0.2) is 4.49 Å². The van der Waals surface area contributed by atoms with Gasteiger partial charge < -0.3 is 9.05 Å². The highest BCUT2D eigenvalue weighted by molar-refractivity contribution is 7.94. The van der Waals surface area contributed by atoms with Gasteiger partial charge in [-0.15, -0.1) is 0 Å². The minimum atomic E-state index is -3.29. The van der Waals surface area contributed by atoms with E-state index in [1.54, 1.807) is 20.1 Å². The van der Waals surface area contributed by atoms with Crippen LogP contribution in [0.4, 0.5) is 0 Å². The molecular weight excluding hydrogens is 247 g/mol. The molecule has 2 unspecified atom stereocenters. The van der Waals surface area contributed by atoms with Crippen molar-refractivity contribution in [2.45, 2.75) is 38.6 Å². The first-order valence-corrected chi connectivity index (χ1v) is 8.60. The van der Waals surface area contributed by atoms with Crippen molar-refractivity contribution in [2.24, 2.45) is 5.41 Å². The Hall–Kier alpha value is 0.300. The fourth-order valence-electron chi connectivity index (χ4n) is 2.26. The van der Waals surface area contributed by atoms with Crippen LogP contribution in [0.25, 0.3) is 0 Å². The van der Waals surface area contributed by atoms with E-state index in [1.807, 2.05) is 13.8 Å². The molecule has 1 rings (SSSR count). The lowest BCUT2D eigenvalue weighted by molar-refractivity contribution is 0.213. The third kappa shape index (κ3) is 1.92. The summed E-state index contributed by atoms with van der Waals surface area (Å²) >= 11 is 0. The molecule has 0 saturated heterocycles. The average molecular weight is 268 g/mol. The van der Waals surface area contributed by atoms with Crippen molar-refractivity contribution in [2.75, 3.05) is 19.5 Å². The van der Waals surface area contributed by atoms with E-state index in [2.05, 4.69) is 0 Å². The quantitative estimate of drug-likeness (QED) is 0.695. The third-order valence-electron chi connectivity index (χ3n) is 3.13. The van der Waals surface area contributed by atoms with Gasteiger partial charge in [0.2, 0.25) is 0 Å². The van der Waals surface area contributed by atoms with Gasteiger partial charge in [-0.3, -0.25) is 8.77 Å². The minimum Gasteiger partial charge on any atom is -0.308 e. The van der Waals surface area contributed by atoms with Crippen LogP contribution >= 0.6 is 7.60 Å². The summed E-state index contributed by atoms with van der Waals surface area (Å²) in [6, 6.07) is 0. The van der Waals surface area contributed by atoms with Crippen molar-refractivity contribution >= 4 is 18.4 Å². The fraction of sp³-hybridized carbons (Fsp3) is 1.00. The van der Waals surface area contributed by atoms with Crippen molar-refractivity contribution in [3.8, 4) is 0 Å². The van der Waals surface area contributed by atoms with Gasteiger partial charge in [-0.2, -0.15) is 0 Å². The molecule has 0 N–H and O–H groups in total. The Labute approximate surface area is 100 Å². The van der Waals surface area contributed by atoms with Crippen molar-refractivity contribution in [1.82, 2.24) is 0 Å². The fourth-order valence-corrected chi connectivity index (χ4v) is 7.68. The summed E-state index contributed by atoms with van der Waals surface area (Å²) in [5.41, 5.74) is -0.244. The Balaban J connectivity index is 3.11. The Bertz CT molecular complexity index is 332. The molecule has 0 aromatic heterocycles. The monoisotopic (exact) mass is 268 g/mol. The topological polar surface area (TPSA) is 52.6 Å². The maximum Gasteiger partial charge on any atom is 0.349 e. The SMILES string of the molecule is CCOP(=O)(OCC)C1(S(C)=O)CC1(C)C. The van der Waals surface area contributed by atoms with Gasteiger partial charge in [0.05, 0.1) is 13.2 Å². The van der Waals surface area contributed by atoms with E-state index in [4.69, 9.17) is 9.05 Å². The van der Waals surface area contributed by atoms with E-state index >= 15 is 0 Å². The standard InChI is InChI=1S/C10H21O4PS/c1-6-13-15(11,14-7-2)10(16(5)12)8-9(10,3)4/h6-8H2,1-5H3. The second-order valence-corrected chi connectivity index (χ2v) is 8.81. The first-order chi connectivity index (χ1) is 7.27. The molecule has 0 radical (unpaired) electrons. The van der Waals surface area contributed by atoms with E-state index in [-0.39, 0.29) is 5.41 Å². The smallest absolute Gasteiger partial charge is 0.308 e. The highest BCUT2D eigenvalue weighted by Gasteiger charge is 2.76. The molecule has 0 aromatic rings. The molecule has 0 heterocycles. The lowest BCUT2D eigenvalue weighted by atomic mass is 10.2. The van der Waals surface area contributed by atoms with Crippen LogP contribution < -0.4 is 0 Å². The van der Waals surface area contributed by atoms with Crippen LogP contribution in [0.15, 0.2) is 0 Å². The molecule has 96 valence electrons. The predicted octanol–water partition coefficient (Wildman–Crippen LogP) is 2.76. The Morgan fingerprint density at radius 2 is 1.62 bits per heavy atom. The second kappa shape index (κ2) is 4.52. The zero-order chi connectivity index (χ0) is 12.6. The molecule has 1 fully saturated rings. The van der Waals surface area contributed by atoms with Gasteiger partial charge in [0, 0.05) is 17.1 Å². The molecular formula is C10H21O4PS. The normalized spacial score (nSPS) is 30.1. The van der Waals surface area contributed by atoms with Gasteiger partial charge in [0.25, 0.3) is 0 Å². The Morgan fingerprint density at radius 1 is 1.25 bits per heavy atom. The van der Waals surface area contributed by atoms with E-state index in [0.717, 1.165) is 0 Å². The molecule has 2 atom stereocenters. The van der Waals surface area contributed by atoms with Crippen LogP contribution in [0.1, 0.15) is 34.1 Å². The summed E-state index contributed by atoms with van der Waals surface area (Å²) in [7, 11) is -4.51. The number of hydrogen-bond donors (Lipinski definition) is 0. The average Bonchev–Trinajstić information content (AvgIpc) is 2.72. The maximum atomic E-state index is 12.7. The maximum absolute atomic E-state index is 12.7. The predicted molar refractivity (Wildman–Crippen MR) is 66.1 cm³/mol. The Morgan fingerprint density at radius 3 is 1.81 bits per heavy atom. The summed E-state index contributed by atoms with van der Waals surface area (Å²) in [4.78, 5) is 0. The van der Waals surface area contributed by atoms with Crippen LogP contribution in [0.5, 0.6) is 0 Å². The minimum absolute atomic E-state index is 0.244. The highest BCUT2D eigenvalue weighted by atomic mass is 32.2. The summed E-state index contributed by atoms with van der Waals surface area (Å²) in [6.07, 6.45) is 2.21. The van der Waals surface area contributed by atoms with Gasteiger partial charge in [-0.1, -0.05) is 13.8 Å². The van der Waals surface area contributed by atoms with Crippen molar-refractivity contribution in [3.05, 3.63) is 0 Å². The molecule has 0 bridgehead atoms. The van der Waals surface area contributed by atoms with Crippen LogP contribution in [0, 0.1) is 5.41 Å².